The van der Waals surface area contributed by atoms with Crippen LogP contribution in [0.2, 0.25) is 0 Å². The lowest BCUT2D eigenvalue weighted by molar-refractivity contribution is 0.0956. The number of hydrogen-bond acceptors (Lipinski definition) is 2. The molecule has 158 valence electrons. The van der Waals surface area contributed by atoms with Gasteiger partial charge in [0.15, 0.2) is 5.96 Å². The number of nitrogens with one attached hydrogen (secondary N) is 3. The number of guanidine groups is 1. The number of carbonyl (C=O) groups is 1. The standard InChI is InChI=1S/C22H29FN4O.HI/c1-4-24-21(28)19-8-6-17(7-9-19)15-27-22(25-5-2)26-13-12-18-10-11-20(23)14-16(18)3;/h6-11,14H,4-5,12-13,15H2,1-3H3,(H,24,28)(H2,25,26,27);1H. The summed E-state index contributed by atoms with van der Waals surface area (Å²) in [4.78, 5) is 16.4. The average Bonchev–Trinajstić information content (AvgIpc) is 2.68. The van der Waals surface area contributed by atoms with Crippen molar-refractivity contribution in [1.82, 2.24) is 16.0 Å². The number of hydrogen-bond donors (Lipinski definition) is 3. The van der Waals surface area contributed by atoms with Gasteiger partial charge in [0, 0.05) is 25.2 Å². The molecule has 2 aromatic rings. The normalized spacial score (nSPS) is 10.8. The molecule has 0 bridgehead atoms. The molecular formula is C22H30FIN4O. The zero-order valence-electron chi connectivity index (χ0n) is 17.2. The summed E-state index contributed by atoms with van der Waals surface area (Å²) in [5.41, 5.74) is 3.75. The lowest BCUT2D eigenvalue weighted by Crippen LogP contribution is -2.38. The van der Waals surface area contributed by atoms with E-state index in [9.17, 15) is 9.18 Å². The molecule has 0 aliphatic carbocycles. The van der Waals surface area contributed by atoms with Crippen molar-refractivity contribution in [1.29, 1.82) is 0 Å². The van der Waals surface area contributed by atoms with Crippen molar-refractivity contribution in [2.75, 3.05) is 19.6 Å². The molecule has 0 aliphatic heterocycles. The smallest absolute Gasteiger partial charge is 0.251 e. The van der Waals surface area contributed by atoms with Crippen LogP contribution in [0.5, 0.6) is 0 Å². The quantitative estimate of drug-likeness (QED) is 0.287. The Kier molecular flexibility index (Phi) is 11.3. The molecule has 0 radical (unpaired) electrons. The third-order valence-corrected chi connectivity index (χ3v) is 4.31. The Hall–Kier alpha value is -2.16. The highest BCUT2D eigenvalue weighted by atomic mass is 127. The van der Waals surface area contributed by atoms with Crippen LogP contribution in [0.4, 0.5) is 4.39 Å². The van der Waals surface area contributed by atoms with Gasteiger partial charge < -0.3 is 16.0 Å². The summed E-state index contributed by atoms with van der Waals surface area (Å²) in [5, 5.41) is 9.32. The maximum Gasteiger partial charge on any atom is 0.251 e. The number of halogens is 2. The van der Waals surface area contributed by atoms with Gasteiger partial charge in [-0.25, -0.2) is 9.38 Å². The van der Waals surface area contributed by atoms with Crippen molar-refractivity contribution in [3.63, 3.8) is 0 Å². The maximum absolute atomic E-state index is 13.2. The molecule has 0 saturated carbocycles. The van der Waals surface area contributed by atoms with E-state index in [4.69, 9.17) is 0 Å². The summed E-state index contributed by atoms with van der Waals surface area (Å²) >= 11 is 0. The van der Waals surface area contributed by atoms with Gasteiger partial charge in [-0.3, -0.25) is 4.79 Å². The largest absolute Gasteiger partial charge is 0.357 e. The van der Waals surface area contributed by atoms with E-state index in [1.165, 1.54) is 6.07 Å². The van der Waals surface area contributed by atoms with Gasteiger partial charge in [-0.1, -0.05) is 18.2 Å². The first-order valence-electron chi connectivity index (χ1n) is 9.67. The van der Waals surface area contributed by atoms with Crippen LogP contribution in [-0.4, -0.2) is 31.5 Å². The Bertz CT molecular complexity index is 809. The molecule has 3 N–H and O–H groups in total. The minimum Gasteiger partial charge on any atom is -0.357 e. The van der Waals surface area contributed by atoms with E-state index in [2.05, 4.69) is 20.9 Å². The molecule has 0 aliphatic rings. The number of aliphatic imine (C=N–C) groups is 1. The van der Waals surface area contributed by atoms with Crippen LogP contribution in [0.3, 0.4) is 0 Å². The number of amides is 1. The average molecular weight is 512 g/mol. The van der Waals surface area contributed by atoms with Crippen molar-refractivity contribution in [3.05, 3.63) is 70.5 Å². The number of benzene rings is 2. The van der Waals surface area contributed by atoms with Gasteiger partial charge in [0.25, 0.3) is 5.91 Å². The Labute approximate surface area is 189 Å². The molecule has 5 nitrogen and oxygen atoms in total. The Morgan fingerprint density at radius 2 is 1.69 bits per heavy atom. The maximum atomic E-state index is 13.2. The van der Waals surface area contributed by atoms with E-state index in [-0.39, 0.29) is 35.7 Å². The summed E-state index contributed by atoms with van der Waals surface area (Å²) in [5.74, 6) is 0.459. The van der Waals surface area contributed by atoms with Crippen LogP contribution in [-0.2, 0) is 13.0 Å². The fourth-order valence-electron chi connectivity index (χ4n) is 2.79. The van der Waals surface area contributed by atoms with Crippen molar-refractivity contribution in [2.24, 2.45) is 4.99 Å². The highest BCUT2D eigenvalue weighted by Gasteiger charge is 2.04. The van der Waals surface area contributed by atoms with Gasteiger partial charge in [-0.05, 0) is 68.1 Å². The molecule has 2 rings (SSSR count). The predicted molar refractivity (Wildman–Crippen MR) is 128 cm³/mol. The van der Waals surface area contributed by atoms with E-state index < -0.39 is 0 Å². The second-order valence-corrected chi connectivity index (χ2v) is 6.50. The fraction of sp³-hybridized carbons (Fsp3) is 0.364. The molecule has 0 unspecified atom stereocenters. The molecule has 0 aromatic heterocycles. The second kappa shape index (κ2) is 13.1. The van der Waals surface area contributed by atoms with E-state index in [0.29, 0.717) is 25.2 Å². The topological polar surface area (TPSA) is 65.5 Å². The van der Waals surface area contributed by atoms with E-state index in [1.54, 1.807) is 6.07 Å². The molecule has 1 amide bonds. The summed E-state index contributed by atoms with van der Waals surface area (Å²) in [6, 6.07) is 12.3. The van der Waals surface area contributed by atoms with Crippen LogP contribution >= 0.6 is 24.0 Å². The van der Waals surface area contributed by atoms with Crippen molar-refractivity contribution >= 4 is 35.8 Å². The molecule has 0 fully saturated rings. The molecule has 2 aromatic carbocycles. The van der Waals surface area contributed by atoms with Crippen LogP contribution in [0.15, 0.2) is 47.5 Å². The zero-order chi connectivity index (χ0) is 20.4. The molecular weight excluding hydrogens is 482 g/mol. The summed E-state index contributed by atoms with van der Waals surface area (Å²) in [7, 11) is 0. The second-order valence-electron chi connectivity index (χ2n) is 6.50. The van der Waals surface area contributed by atoms with Crippen LogP contribution in [0.1, 0.15) is 40.9 Å². The van der Waals surface area contributed by atoms with Crippen LogP contribution in [0, 0.1) is 12.7 Å². The predicted octanol–water partition coefficient (Wildman–Crippen LogP) is 3.80. The van der Waals surface area contributed by atoms with Gasteiger partial charge in [0.2, 0.25) is 0 Å². The fourth-order valence-corrected chi connectivity index (χ4v) is 2.79. The lowest BCUT2D eigenvalue weighted by Gasteiger charge is -2.12. The molecule has 0 heterocycles. The van der Waals surface area contributed by atoms with Crippen molar-refractivity contribution in [2.45, 2.75) is 33.7 Å². The molecule has 7 heteroatoms. The van der Waals surface area contributed by atoms with Gasteiger partial charge >= 0.3 is 0 Å². The number of aryl methyl sites for hydroxylation is 1. The SMILES string of the molecule is CCNC(=O)c1ccc(CN=C(NCC)NCCc2ccc(F)cc2C)cc1.I. The van der Waals surface area contributed by atoms with Gasteiger partial charge in [-0.2, -0.15) is 0 Å². The number of rotatable bonds is 8. The number of nitrogens with zero attached hydrogens (tertiary/aromatic N) is 1. The number of carbonyl (C=O) groups excluding carboxylic acids is 1. The Morgan fingerprint density at radius 1 is 1.00 bits per heavy atom. The Balaban J connectivity index is 0.00000420. The summed E-state index contributed by atoms with van der Waals surface area (Å²) in [6.45, 7) is 8.42. The molecule has 29 heavy (non-hydrogen) atoms. The Morgan fingerprint density at radius 3 is 2.31 bits per heavy atom. The molecule has 0 spiro atoms. The third kappa shape index (κ3) is 8.39. The highest BCUT2D eigenvalue weighted by molar-refractivity contribution is 14.0. The highest BCUT2D eigenvalue weighted by Crippen LogP contribution is 2.10. The van der Waals surface area contributed by atoms with Crippen LogP contribution in [0.25, 0.3) is 0 Å². The minimum atomic E-state index is -0.206. The summed E-state index contributed by atoms with van der Waals surface area (Å²) < 4.78 is 13.2. The first-order chi connectivity index (χ1) is 13.5. The zero-order valence-corrected chi connectivity index (χ0v) is 19.5. The van der Waals surface area contributed by atoms with E-state index in [1.807, 2.05) is 51.1 Å². The first-order valence-corrected chi connectivity index (χ1v) is 9.67. The third-order valence-electron chi connectivity index (χ3n) is 4.31. The van der Waals surface area contributed by atoms with Gasteiger partial charge in [-0.15, -0.1) is 24.0 Å². The van der Waals surface area contributed by atoms with Gasteiger partial charge in [0.05, 0.1) is 6.54 Å². The minimum absolute atomic E-state index is 0. The van der Waals surface area contributed by atoms with E-state index in [0.717, 1.165) is 35.6 Å². The van der Waals surface area contributed by atoms with Crippen molar-refractivity contribution < 1.29 is 9.18 Å². The molecule has 0 atom stereocenters. The van der Waals surface area contributed by atoms with Gasteiger partial charge in [0.1, 0.15) is 5.82 Å². The monoisotopic (exact) mass is 512 g/mol. The van der Waals surface area contributed by atoms with E-state index >= 15 is 0 Å². The first kappa shape index (κ1) is 24.9. The van der Waals surface area contributed by atoms with Crippen LogP contribution < -0.4 is 16.0 Å². The lowest BCUT2D eigenvalue weighted by atomic mass is 10.1. The molecule has 0 saturated heterocycles. The van der Waals surface area contributed by atoms with Crippen molar-refractivity contribution in [3.8, 4) is 0 Å². The summed E-state index contributed by atoms with van der Waals surface area (Å²) in [6.07, 6.45) is 0.789.